The number of hydrogen-bond donors (Lipinski definition) is 0. The molecular formula is C15H19Cl3. The van der Waals surface area contributed by atoms with Gasteiger partial charge in [0, 0.05) is 10.0 Å². The van der Waals surface area contributed by atoms with Gasteiger partial charge in [-0.05, 0) is 36.5 Å². The molecule has 2 rings (SSSR count). The average Bonchev–Trinajstić information content (AvgIpc) is 2.27. The van der Waals surface area contributed by atoms with Gasteiger partial charge in [0.1, 0.15) is 0 Å². The molecule has 1 aromatic rings. The minimum absolute atomic E-state index is 0.0212. The van der Waals surface area contributed by atoms with Crippen molar-refractivity contribution in [2.45, 2.75) is 50.3 Å². The summed E-state index contributed by atoms with van der Waals surface area (Å²) in [6.45, 7) is 0. The average molecular weight is 306 g/mol. The third kappa shape index (κ3) is 3.79. The molecule has 1 aromatic carbocycles. The lowest BCUT2D eigenvalue weighted by Gasteiger charge is -2.25. The van der Waals surface area contributed by atoms with Crippen LogP contribution in [0.4, 0.5) is 0 Å². The van der Waals surface area contributed by atoms with Crippen molar-refractivity contribution in [2.24, 2.45) is 5.92 Å². The highest BCUT2D eigenvalue weighted by Crippen LogP contribution is 2.40. The minimum Gasteiger partial charge on any atom is -0.117 e. The van der Waals surface area contributed by atoms with Gasteiger partial charge in [-0.2, -0.15) is 0 Å². The molecule has 1 aliphatic carbocycles. The number of benzene rings is 1. The van der Waals surface area contributed by atoms with Gasteiger partial charge in [0.15, 0.2) is 0 Å². The Morgan fingerprint density at radius 1 is 0.944 bits per heavy atom. The summed E-state index contributed by atoms with van der Waals surface area (Å²) in [6.07, 6.45) is 9.07. The molecule has 1 fully saturated rings. The summed E-state index contributed by atoms with van der Waals surface area (Å²) in [7, 11) is 0. The second-order valence-electron chi connectivity index (χ2n) is 5.17. The zero-order valence-corrected chi connectivity index (χ0v) is 12.7. The van der Waals surface area contributed by atoms with Gasteiger partial charge in [-0.25, -0.2) is 0 Å². The first-order chi connectivity index (χ1) is 8.68. The highest BCUT2D eigenvalue weighted by atomic mass is 35.5. The van der Waals surface area contributed by atoms with E-state index in [1.165, 1.54) is 44.9 Å². The van der Waals surface area contributed by atoms with Crippen LogP contribution in [0.2, 0.25) is 10.0 Å². The second kappa shape index (κ2) is 7.03. The van der Waals surface area contributed by atoms with E-state index in [9.17, 15) is 0 Å². The molecule has 1 aliphatic rings. The van der Waals surface area contributed by atoms with E-state index in [0.29, 0.717) is 16.0 Å². The number of rotatable bonds is 2. The maximum absolute atomic E-state index is 6.64. The topological polar surface area (TPSA) is 0 Å². The van der Waals surface area contributed by atoms with Crippen molar-refractivity contribution in [3.05, 3.63) is 33.8 Å². The summed E-state index contributed by atoms with van der Waals surface area (Å²) >= 11 is 18.8. The standard InChI is InChI=1S/C15H19Cl3/c16-12-8-9-13(14(17)10-12)15(18)11-6-4-2-1-3-5-7-11/h8-11,15H,1-7H2. The zero-order valence-electron chi connectivity index (χ0n) is 10.5. The van der Waals surface area contributed by atoms with E-state index in [1.54, 1.807) is 6.07 Å². The van der Waals surface area contributed by atoms with Crippen LogP contribution >= 0.6 is 34.8 Å². The van der Waals surface area contributed by atoms with Gasteiger partial charge in [-0.3, -0.25) is 0 Å². The van der Waals surface area contributed by atoms with Crippen molar-refractivity contribution < 1.29 is 0 Å². The van der Waals surface area contributed by atoms with Crippen LogP contribution in [-0.4, -0.2) is 0 Å². The first-order valence-electron chi connectivity index (χ1n) is 6.77. The lowest BCUT2D eigenvalue weighted by Crippen LogP contribution is -2.10. The van der Waals surface area contributed by atoms with E-state index in [4.69, 9.17) is 34.8 Å². The third-order valence-corrected chi connectivity index (χ3v) is 4.98. The van der Waals surface area contributed by atoms with Crippen LogP contribution in [-0.2, 0) is 0 Å². The van der Waals surface area contributed by atoms with Crippen LogP contribution in [0.25, 0.3) is 0 Å². The lowest BCUT2D eigenvalue weighted by molar-refractivity contribution is 0.368. The third-order valence-electron chi connectivity index (χ3n) is 3.82. The Morgan fingerprint density at radius 3 is 2.17 bits per heavy atom. The first kappa shape index (κ1) is 14.5. The second-order valence-corrected chi connectivity index (χ2v) is 6.49. The predicted octanol–water partition coefficient (Wildman–Crippen LogP) is 6.63. The fraction of sp³-hybridized carbons (Fsp3) is 0.600. The maximum Gasteiger partial charge on any atom is 0.0628 e. The fourth-order valence-electron chi connectivity index (χ4n) is 2.76. The van der Waals surface area contributed by atoms with Crippen LogP contribution in [0, 0.1) is 5.92 Å². The van der Waals surface area contributed by atoms with E-state index < -0.39 is 0 Å². The van der Waals surface area contributed by atoms with Crippen LogP contribution in [0.5, 0.6) is 0 Å². The Hall–Kier alpha value is 0.0900. The molecule has 0 heterocycles. The van der Waals surface area contributed by atoms with E-state index in [2.05, 4.69) is 0 Å². The molecule has 18 heavy (non-hydrogen) atoms. The fourth-order valence-corrected chi connectivity index (χ4v) is 3.78. The SMILES string of the molecule is Clc1ccc(C(Cl)C2CCCCCCC2)c(Cl)c1. The zero-order chi connectivity index (χ0) is 13.0. The molecule has 0 N–H and O–H groups in total. The first-order valence-corrected chi connectivity index (χ1v) is 7.97. The quantitative estimate of drug-likeness (QED) is 0.538. The van der Waals surface area contributed by atoms with Crippen molar-refractivity contribution >= 4 is 34.8 Å². The van der Waals surface area contributed by atoms with E-state index in [0.717, 1.165) is 5.56 Å². The molecular weight excluding hydrogens is 287 g/mol. The number of alkyl halides is 1. The van der Waals surface area contributed by atoms with Crippen molar-refractivity contribution in [2.75, 3.05) is 0 Å². The van der Waals surface area contributed by atoms with Crippen molar-refractivity contribution in [1.29, 1.82) is 0 Å². The number of hydrogen-bond acceptors (Lipinski definition) is 0. The smallest absolute Gasteiger partial charge is 0.0628 e. The summed E-state index contributed by atoms with van der Waals surface area (Å²) in [4.78, 5) is 0. The van der Waals surface area contributed by atoms with E-state index >= 15 is 0 Å². The minimum atomic E-state index is 0.0212. The molecule has 0 saturated heterocycles. The molecule has 1 unspecified atom stereocenters. The lowest BCUT2D eigenvalue weighted by atomic mass is 9.86. The highest BCUT2D eigenvalue weighted by molar-refractivity contribution is 6.35. The van der Waals surface area contributed by atoms with E-state index in [-0.39, 0.29) is 5.38 Å². The Labute approximate surface area is 125 Å². The Kier molecular flexibility index (Phi) is 5.66. The van der Waals surface area contributed by atoms with Gasteiger partial charge in [0.2, 0.25) is 0 Å². The summed E-state index contributed by atoms with van der Waals surface area (Å²) in [5.41, 5.74) is 1.04. The monoisotopic (exact) mass is 304 g/mol. The maximum atomic E-state index is 6.64. The molecule has 1 saturated carbocycles. The number of halogens is 3. The molecule has 0 radical (unpaired) electrons. The van der Waals surface area contributed by atoms with Crippen LogP contribution < -0.4 is 0 Å². The van der Waals surface area contributed by atoms with Crippen LogP contribution in [0.3, 0.4) is 0 Å². The largest absolute Gasteiger partial charge is 0.117 e. The Morgan fingerprint density at radius 2 is 1.56 bits per heavy atom. The Balaban J connectivity index is 2.10. The van der Waals surface area contributed by atoms with Crippen molar-refractivity contribution in [3.8, 4) is 0 Å². The molecule has 100 valence electrons. The van der Waals surface area contributed by atoms with Gasteiger partial charge in [0.05, 0.1) is 5.38 Å². The molecule has 0 amide bonds. The van der Waals surface area contributed by atoms with Gasteiger partial charge < -0.3 is 0 Å². The normalized spacial score (nSPS) is 20.2. The van der Waals surface area contributed by atoms with Crippen molar-refractivity contribution in [3.63, 3.8) is 0 Å². The summed E-state index contributed by atoms with van der Waals surface area (Å²) in [5, 5.41) is 1.39. The van der Waals surface area contributed by atoms with Gasteiger partial charge >= 0.3 is 0 Å². The molecule has 0 nitrogen and oxygen atoms in total. The summed E-state index contributed by atoms with van der Waals surface area (Å²) in [5.74, 6) is 0.547. The molecule has 0 spiro atoms. The Bertz CT molecular complexity index is 381. The van der Waals surface area contributed by atoms with Crippen LogP contribution in [0.1, 0.15) is 55.9 Å². The molecule has 0 aromatic heterocycles. The molecule has 3 heteroatoms. The highest BCUT2D eigenvalue weighted by Gasteiger charge is 2.23. The molecule has 0 aliphatic heterocycles. The van der Waals surface area contributed by atoms with Gasteiger partial charge in [-0.1, -0.05) is 61.4 Å². The van der Waals surface area contributed by atoms with E-state index in [1.807, 2.05) is 12.1 Å². The van der Waals surface area contributed by atoms with Crippen LogP contribution in [0.15, 0.2) is 18.2 Å². The van der Waals surface area contributed by atoms with Gasteiger partial charge in [0.25, 0.3) is 0 Å². The van der Waals surface area contributed by atoms with Crippen molar-refractivity contribution in [1.82, 2.24) is 0 Å². The predicted molar refractivity (Wildman–Crippen MR) is 80.9 cm³/mol. The molecule has 0 bridgehead atoms. The van der Waals surface area contributed by atoms with Gasteiger partial charge in [-0.15, -0.1) is 11.6 Å². The summed E-state index contributed by atoms with van der Waals surface area (Å²) < 4.78 is 0. The molecule has 1 atom stereocenters. The summed E-state index contributed by atoms with van der Waals surface area (Å²) in [6, 6.07) is 5.64.